The highest BCUT2D eigenvalue weighted by Gasteiger charge is 2.46. The molecule has 1 aromatic carbocycles. The fourth-order valence-electron chi connectivity index (χ4n) is 4.41. The Balaban J connectivity index is 1.66. The number of likely N-dealkylation sites (tertiary alicyclic amines) is 1. The summed E-state index contributed by atoms with van der Waals surface area (Å²) in [4.78, 5) is 2.75. The van der Waals surface area contributed by atoms with Crippen molar-refractivity contribution in [1.82, 2.24) is 4.90 Å². The lowest BCUT2D eigenvalue weighted by atomic mass is 9.81. The molecule has 1 aliphatic heterocycles. The van der Waals surface area contributed by atoms with Gasteiger partial charge in [-0.1, -0.05) is 66.8 Å². The fraction of sp³-hybridized carbons (Fsp3) is 0.400. The molecule has 3 aliphatic rings. The van der Waals surface area contributed by atoms with Gasteiger partial charge in [-0.15, -0.1) is 0 Å². The SMILES string of the molecule is C1=CCC2C(C=C1)C1CCC=CC1N2Cc1ccccc1. The van der Waals surface area contributed by atoms with Crippen LogP contribution in [0.15, 0.2) is 66.8 Å². The Morgan fingerprint density at radius 1 is 1.00 bits per heavy atom. The average Bonchev–Trinajstić information content (AvgIpc) is 2.69. The first-order chi connectivity index (χ1) is 10.4. The number of benzene rings is 1. The quantitative estimate of drug-likeness (QED) is 0.727. The number of nitrogens with zero attached hydrogens (tertiary/aromatic N) is 1. The first kappa shape index (κ1) is 13.1. The van der Waals surface area contributed by atoms with E-state index in [0.29, 0.717) is 12.1 Å². The van der Waals surface area contributed by atoms with Crippen LogP contribution in [0.3, 0.4) is 0 Å². The van der Waals surface area contributed by atoms with Crippen LogP contribution in [0.4, 0.5) is 0 Å². The summed E-state index contributed by atoms with van der Waals surface area (Å²) in [6.45, 7) is 1.08. The van der Waals surface area contributed by atoms with Crippen molar-refractivity contribution in [3.8, 4) is 0 Å². The van der Waals surface area contributed by atoms with Crippen molar-refractivity contribution in [2.75, 3.05) is 0 Å². The van der Waals surface area contributed by atoms with Crippen LogP contribution in [0.5, 0.6) is 0 Å². The molecule has 0 N–H and O–H groups in total. The Hall–Kier alpha value is -1.60. The summed E-state index contributed by atoms with van der Waals surface area (Å²) in [5, 5.41) is 0. The number of fused-ring (bicyclic) bond motifs is 3. The highest BCUT2D eigenvalue weighted by Crippen LogP contribution is 2.44. The molecule has 0 spiro atoms. The molecule has 1 saturated heterocycles. The summed E-state index contributed by atoms with van der Waals surface area (Å²) >= 11 is 0. The largest absolute Gasteiger partial charge is 0.289 e. The molecule has 0 saturated carbocycles. The van der Waals surface area contributed by atoms with Crippen LogP contribution in [0, 0.1) is 11.8 Å². The summed E-state index contributed by atoms with van der Waals surface area (Å²) in [7, 11) is 0. The molecule has 1 nitrogen and oxygen atoms in total. The smallest absolute Gasteiger partial charge is 0.0319 e. The fourth-order valence-corrected chi connectivity index (χ4v) is 4.41. The van der Waals surface area contributed by atoms with Crippen LogP contribution in [0.2, 0.25) is 0 Å². The van der Waals surface area contributed by atoms with Crippen molar-refractivity contribution < 1.29 is 0 Å². The predicted molar refractivity (Wildman–Crippen MR) is 87.8 cm³/mol. The topological polar surface area (TPSA) is 3.24 Å². The molecule has 1 heteroatoms. The normalized spacial score (nSPS) is 34.5. The Morgan fingerprint density at radius 3 is 2.81 bits per heavy atom. The van der Waals surface area contributed by atoms with Gasteiger partial charge in [0.15, 0.2) is 0 Å². The predicted octanol–water partition coefficient (Wildman–Crippen LogP) is 4.34. The summed E-state index contributed by atoms with van der Waals surface area (Å²) in [6, 6.07) is 12.2. The van der Waals surface area contributed by atoms with Crippen LogP contribution in [0.1, 0.15) is 24.8 Å². The third-order valence-corrected chi connectivity index (χ3v) is 5.35. The Bertz CT molecular complexity index is 569. The van der Waals surface area contributed by atoms with E-state index in [1.807, 2.05) is 0 Å². The molecule has 4 rings (SSSR count). The lowest BCUT2D eigenvalue weighted by molar-refractivity contribution is 0.193. The highest BCUT2D eigenvalue weighted by molar-refractivity contribution is 5.23. The minimum Gasteiger partial charge on any atom is -0.289 e. The van der Waals surface area contributed by atoms with E-state index in [1.165, 1.54) is 24.8 Å². The molecule has 108 valence electrons. The second-order valence-electron chi connectivity index (χ2n) is 6.51. The van der Waals surface area contributed by atoms with Gasteiger partial charge in [-0.05, 0) is 36.7 Å². The van der Waals surface area contributed by atoms with Crippen LogP contribution < -0.4 is 0 Å². The van der Waals surface area contributed by atoms with Gasteiger partial charge in [0, 0.05) is 18.6 Å². The second kappa shape index (κ2) is 5.65. The maximum Gasteiger partial charge on any atom is 0.0319 e. The van der Waals surface area contributed by atoms with E-state index in [1.54, 1.807) is 0 Å². The maximum absolute atomic E-state index is 2.75. The lowest BCUT2D eigenvalue weighted by Gasteiger charge is -2.30. The van der Waals surface area contributed by atoms with Gasteiger partial charge in [0.05, 0.1) is 0 Å². The maximum atomic E-state index is 2.75. The minimum atomic E-state index is 0.630. The monoisotopic (exact) mass is 277 g/mol. The van der Waals surface area contributed by atoms with Crippen molar-refractivity contribution in [2.45, 2.75) is 37.9 Å². The molecule has 0 aromatic heterocycles. The molecule has 1 heterocycles. The van der Waals surface area contributed by atoms with E-state index < -0.39 is 0 Å². The number of allylic oxidation sites excluding steroid dienone is 3. The molecular formula is C20H23N. The first-order valence-corrected chi connectivity index (χ1v) is 8.23. The van der Waals surface area contributed by atoms with Crippen molar-refractivity contribution >= 4 is 0 Å². The third-order valence-electron chi connectivity index (χ3n) is 5.35. The first-order valence-electron chi connectivity index (χ1n) is 8.23. The van der Waals surface area contributed by atoms with Gasteiger partial charge < -0.3 is 0 Å². The molecule has 1 fully saturated rings. The molecule has 2 aliphatic carbocycles. The number of rotatable bonds is 2. The van der Waals surface area contributed by atoms with Crippen molar-refractivity contribution in [3.05, 3.63) is 72.4 Å². The third kappa shape index (κ3) is 2.40. The number of hydrogen-bond donors (Lipinski definition) is 0. The van der Waals surface area contributed by atoms with Crippen LogP contribution in [0.25, 0.3) is 0 Å². The van der Waals surface area contributed by atoms with Crippen molar-refractivity contribution in [2.24, 2.45) is 11.8 Å². The lowest BCUT2D eigenvalue weighted by Crippen LogP contribution is -2.36. The van der Waals surface area contributed by atoms with Gasteiger partial charge in [-0.25, -0.2) is 0 Å². The van der Waals surface area contributed by atoms with Crippen LogP contribution in [-0.2, 0) is 6.54 Å². The summed E-state index contributed by atoms with van der Waals surface area (Å²) in [5.41, 5.74) is 1.44. The average molecular weight is 277 g/mol. The van der Waals surface area contributed by atoms with Crippen molar-refractivity contribution in [3.63, 3.8) is 0 Å². The van der Waals surface area contributed by atoms with E-state index in [2.05, 4.69) is 71.7 Å². The van der Waals surface area contributed by atoms with Gasteiger partial charge in [-0.2, -0.15) is 0 Å². The number of hydrogen-bond acceptors (Lipinski definition) is 1. The summed E-state index contributed by atoms with van der Waals surface area (Å²) in [6.07, 6.45) is 18.0. The van der Waals surface area contributed by atoms with Crippen LogP contribution >= 0.6 is 0 Å². The van der Waals surface area contributed by atoms with Gasteiger partial charge in [0.1, 0.15) is 0 Å². The van der Waals surface area contributed by atoms with Gasteiger partial charge in [0.2, 0.25) is 0 Å². The Labute approximate surface area is 127 Å². The molecular weight excluding hydrogens is 254 g/mol. The van der Waals surface area contributed by atoms with E-state index in [9.17, 15) is 0 Å². The zero-order valence-electron chi connectivity index (χ0n) is 12.4. The molecule has 0 amide bonds. The highest BCUT2D eigenvalue weighted by atomic mass is 15.2. The minimum absolute atomic E-state index is 0.630. The van der Waals surface area contributed by atoms with Gasteiger partial charge in [-0.3, -0.25) is 4.90 Å². The Kier molecular flexibility index (Phi) is 3.52. The van der Waals surface area contributed by atoms with Gasteiger partial charge >= 0.3 is 0 Å². The molecule has 0 bridgehead atoms. The summed E-state index contributed by atoms with van der Waals surface area (Å²) in [5.74, 6) is 1.53. The summed E-state index contributed by atoms with van der Waals surface area (Å²) < 4.78 is 0. The van der Waals surface area contributed by atoms with Gasteiger partial charge in [0.25, 0.3) is 0 Å². The van der Waals surface area contributed by atoms with E-state index in [0.717, 1.165) is 18.4 Å². The zero-order valence-corrected chi connectivity index (χ0v) is 12.4. The van der Waals surface area contributed by atoms with Crippen LogP contribution in [-0.4, -0.2) is 17.0 Å². The molecule has 1 aromatic rings. The van der Waals surface area contributed by atoms with E-state index in [4.69, 9.17) is 0 Å². The van der Waals surface area contributed by atoms with E-state index >= 15 is 0 Å². The molecule has 4 unspecified atom stereocenters. The van der Waals surface area contributed by atoms with E-state index in [-0.39, 0.29) is 0 Å². The zero-order chi connectivity index (χ0) is 14.1. The van der Waals surface area contributed by atoms with Crippen molar-refractivity contribution in [1.29, 1.82) is 0 Å². The Morgan fingerprint density at radius 2 is 1.90 bits per heavy atom. The molecule has 0 radical (unpaired) electrons. The second-order valence-corrected chi connectivity index (χ2v) is 6.51. The standard InChI is InChI=1S/C20H23N/c1-3-9-16(10-4-1)15-21-19-13-6-2-5-11-17(19)18-12-7-8-14-20(18)21/h1-6,8-11,14,17-20H,7,12-13,15H2. The molecule has 21 heavy (non-hydrogen) atoms. The molecule has 4 atom stereocenters.